The lowest BCUT2D eigenvalue weighted by Gasteiger charge is -2.34. The number of hydrogen-bond acceptors (Lipinski definition) is 9. The lowest BCUT2D eigenvalue weighted by atomic mass is 9.79. The van der Waals surface area contributed by atoms with Gasteiger partial charge in [0.05, 0.1) is 44.8 Å². The summed E-state index contributed by atoms with van der Waals surface area (Å²) in [4.78, 5) is 66.8. The highest BCUT2D eigenvalue weighted by Crippen LogP contribution is 2.36. The number of nitrogens with one attached hydrogen (secondary N) is 3. The molecule has 0 aromatic carbocycles. The molecule has 13 heteroatoms. The second kappa shape index (κ2) is 16.3. The zero-order chi connectivity index (χ0) is 31.4. The first-order chi connectivity index (χ1) is 20.4. The number of pyridine rings is 1. The molecule has 13 nitrogen and oxygen atoms in total. The normalized spacial score (nSPS) is 21.6. The predicted molar refractivity (Wildman–Crippen MR) is 155 cm³/mol. The number of rotatable bonds is 16. The van der Waals surface area contributed by atoms with Crippen LogP contribution in [0.4, 0.5) is 0 Å². The maximum atomic E-state index is 12.8. The van der Waals surface area contributed by atoms with Crippen LogP contribution in [-0.2, 0) is 38.2 Å². The number of aromatic nitrogens is 1. The SMILES string of the molecule is CN1C(=O)C[C@H](C(=O)NCCOCCNC(=O)[C@H]2C[C@@H](NC(=O)CCOCCC(=O)OC(C)(C)C)C2)[C@H]1c1cccnc1. The summed E-state index contributed by atoms with van der Waals surface area (Å²) in [7, 11) is 1.70. The molecule has 0 bridgehead atoms. The molecular formula is C30H45N5O8. The molecular weight excluding hydrogens is 558 g/mol. The Labute approximate surface area is 252 Å². The lowest BCUT2D eigenvalue weighted by Crippen LogP contribution is -2.49. The van der Waals surface area contributed by atoms with Crippen LogP contribution in [0.3, 0.4) is 0 Å². The van der Waals surface area contributed by atoms with Crippen LogP contribution in [0.2, 0.25) is 0 Å². The summed E-state index contributed by atoms with van der Waals surface area (Å²) in [5, 5.41) is 8.57. The Bertz CT molecular complexity index is 1100. The number of hydrogen-bond donors (Lipinski definition) is 3. The van der Waals surface area contributed by atoms with Gasteiger partial charge in [-0.2, -0.15) is 0 Å². The van der Waals surface area contributed by atoms with Gasteiger partial charge in [0.15, 0.2) is 0 Å². The summed E-state index contributed by atoms with van der Waals surface area (Å²) in [6.45, 7) is 7.00. The van der Waals surface area contributed by atoms with Crippen LogP contribution in [0, 0.1) is 11.8 Å². The molecule has 3 N–H and O–H groups in total. The van der Waals surface area contributed by atoms with Gasteiger partial charge in [0.25, 0.3) is 0 Å². The maximum Gasteiger partial charge on any atom is 0.308 e. The van der Waals surface area contributed by atoms with Gasteiger partial charge in [-0.15, -0.1) is 0 Å². The van der Waals surface area contributed by atoms with E-state index in [9.17, 15) is 24.0 Å². The van der Waals surface area contributed by atoms with Crippen molar-refractivity contribution in [3.8, 4) is 0 Å². The molecule has 1 aromatic heterocycles. The number of likely N-dealkylation sites (tertiary alicyclic amines) is 1. The molecule has 43 heavy (non-hydrogen) atoms. The van der Waals surface area contributed by atoms with Crippen molar-refractivity contribution in [3.63, 3.8) is 0 Å². The van der Waals surface area contributed by atoms with Gasteiger partial charge >= 0.3 is 5.97 Å². The molecule has 0 radical (unpaired) electrons. The molecule has 3 rings (SSSR count). The Morgan fingerprint density at radius 1 is 0.977 bits per heavy atom. The number of nitrogens with zero attached hydrogens (tertiary/aromatic N) is 2. The van der Waals surface area contributed by atoms with E-state index in [1.807, 2.05) is 6.07 Å². The van der Waals surface area contributed by atoms with Crippen molar-refractivity contribution in [2.45, 2.75) is 70.6 Å². The largest absolute Gasteiger partial charge is 0.460 e. The quantitative estimate of drug-likeness (QED) is 0.184. The minimum Gasteiger partial charge on any atom is -0.460 e. The van der Waals surface area contributed by atoms with E-state index in [-0.39, 0.29) is 86.7 Å². The number of carbonyl (C=O) groups excluding carboxylic acids is 5. The molecule has 1 saturated carbocycles. The molecule has 2 heterocycles. The highest BCUT2D eigenvalue weighted by Gasteiger charge is 2.42. The number of amides is 4. The van der Waals surface area contributed by atoms with Crippen LogP contribution >= 0.6 is 0 Å². The topological polar surface area (TPSA) is 165 Å². The summed E-state index contributed by atoms with van der Waals surface area (Å²) in [6, 6.07) is 3.25. The molecule has 2 atom stereocenters. The molecule has 1 aliphatic carbocycles. The van der Waals surface area contributed by atoms with Crippen LogP contribution < -0.4 is 16.0 Å². The molecule has 2 aliphatic rings. The van der Waals surface area contributed by atoms with Gasteiger partial charge in [0.1, 0.15) is 5.60 Å². The zero-order valence-electron chi connectivity index (χ0n) is 25.6. The Kier molecular flexibility index (Phi) is 12.9. The van der Waals surface area contributed by atoms with Crippen LogP contribution in [0.5, 0.6) is 0 Å². The van der Waals surface area contributed by atoms with Crippen molar-refractivity contribution < 1.29 is 38.2 Å². The third-order valence-electron chi connectivity index (χ3n) is 7.26. The Hall–Kier alpha value is -3.58. The molecule has 1 saturated heterocycles. The fourth-order valence-corrected chi connectivity index (χ4v) is 5.05. The standard InChI is InChI=1S/C30H45N5O8/c1-30(2,3)43-26(38)8-13-41-12-7-24(36)34-22-16-21(17-22)28(39)32-10-14-42-15-11-33-29(40)23-18-25(37)35(4)27(23)20-6-5-9-31-19-20/h5-6,9,19,21-23,27H,7-8,10-18H2,1-4H3,(H,32,39)(H,33,40)(H,34,36)/t21-,22+,23-,27+/m0/s1. The maximum absolute atomic E-state index is 12.8. The molecule has 4 amide bonds. The second-order valence-electron chi connectivity index (χ2n) is 11.9. The van der Waals surface area contributed by atoms with Gasteiger partial charge in [0.2, 0.25) is 23.6 Å². The van der Waals surface area contributed by atoms with Crippen LogP contribution in [0.15, 0.2) is 24.5 Å². The third kappa shape index (κ3) is 11.2. The van der Waals surface area contributed by atoms with Gasteiger partial charge in [-0.25, -0.2) is 0 Å². The average Bonchev–Trinajstić information content (AvgIpc) is 3.22. The fourth-order valence-electron chi connectivity index (χ4n) is 5.05. The Morgan fingerprint density at radius 2 is 1.63 bits per heavy atom. The molecule has 1 aliphatic heterocycles. The highest BCUT2D eigenvalue weighted by molar-refractivity contribution is 5.90. The van der Waals surface area contributed by atoms with E-state index in [1.165, 1.54) is 0 Å². The first-order valence-corrected chi connectivity index (χ1v) is 14.8. The Balaban J connectivity index is 1.18. The van der Waals surface area contributed by atoms with Gasteiger partial charge < -0.3 is 35.1 Å². The first kappa shape index (κ1) is 33.9. The van der Waals surface area contributed by atoms with Crippen molar-refractivity contribution >= 4 is 29.6 Å². The van der Waals surface area contributed by atoms with Gasteiger partial charge in [-0.05, 0) is 45.2 Å². The monoisotopic (exact) mass is 603 g/mol. The van der Waals surface area contributed by atoms with Crippen LogP contribution in [0.25, 0.3) is 0 Å². The van der Waals surface area contributed by atoms with E-state index in [4.69, 9.17) is 14.2 Å². The van der Waals surface area contributed by atoms with Gasteiger partial charge in [-0.3, -0.25) is 29.0 Å². The summed E-state index contributed by atoms with van der Waals surface area (Å²) >= 11 is 0. The predicted octanol–water partition coefficient (Wildman–Crippen LogP) is 0.883. The lowest BCUT2D eigenvalue weighted by molar-refractivity contribution is -0.156. The fraction of sp³-hybridized carbons (Fsp3) is 0.667. The molecule has 0 spiro atoms. The van der Waals surface area contributed by atoms with E-state index in [0.29, 0.717) is 32.5 Å². The summed E-state index contributed by atoms with van der Waals surface area (Å²) < 4.78 is 16.1. The van der Waals surface area contributed by atoms with E-state index < -0.39 is 11.5 Å². The van der Waals surface area contributed by atoms with Crippen molar-refractivity contribution in [2.24, 2.45) is 11.8 Å². The zero-order valence-corrected chi connectivity index (χ0v) is 25.6. The van der Waals surface area contributed by atoms with E-state index in [0.717, 1.165) is 5.56 Å². The van der Waals surface area contributed by atoms with Crippen molar-refractivity contribution in [1.29, 1.82) is 0 Å². The minimum atomic E-state index is -0.535. The smallest absolute Gasteiger partial charge is 0.308 e. The van der Waals surface area contributed by atoms with E-state index in [2.05, 4.69) is 20.9 Å². The van der Waals surface area contributed by atoms with Crippen molar-refractivity contribution in [2.75, 3.05) is 46.6 Å². The second-order valence-corrected chi connectivity index (χ2v) is 11.9. The third-order valence-corrected chi connectivity index (χ3v) is 7.26. The van der Waals surface area contributed by atoms with Gasteiger partial charge in [-0.1, -0.05) is 6.07 Å². The first-order valence-electron chi connectivity index (χ1n) is 14.8. The number of esters is 1. The van der Waals surface area contributed by atoms with Crippen molar-refractivity contribution in [3.05, 3.63) is 30.1 Å². The van der Waals surface area contributed by atoms with Gasteiger partial charge in [0, 0.05) is 57.3 Å². The Morgan fingerprint density at radius 3 is 2.28 bits per heavy atom. The number of carbonyl (C=O) groups is 5. The van der Waals surface area contributed by atoms with E-state index in [1.54, 1.807) is 51.2 Å². The molecule has 238 valence electrons. The highest BCUT2D eigenvalue weighted by atomic mass is 16.6. The minimum absolute atomic E-state index is 0.0439. The van der Waals surface area contributed by atoms with E-state index >= 15 is 0 Å². The molecule has 1 aromatic rings. The van der Waals surface area contributed by atoms with Crippen LogP contribution in [-0.4, -0.2) is 97.7 Å². The molecule has 2 fully saturated rings. The average molecular weight is 604 g/mol. The number of ether oxygens (including phenoxy) is 3. The summed E-state index contributed by atoms with van der Waals surface area (Å²) in [5.41, 5.74) is 0.286. The summed E-state index contributed by atoms with van der Waals surface area (Å²) in [5.74, 6) is -1.52. The summed E-state index contributed by atoms with van der Waals surface area (Å²) in [6.07, 6.45) is 4.93. The molecule has 0 unspecified atom stereocenters. The van der Waals surface area contributed by atoms with Crippen LogP contribution in [0.1, 0.15) is 64.5 Å². The van der Waals surface area contributed by atoms with Crippen molar-refractivity contribution in [1.82, 2.24) is 25.8 Å².